The van der Waals surface area contributed by atoms with Gasteiger partial charge in [0.25, 0.3) is 0 Å². The molecular formula is C14H22N2O3. The number of hydrogen-bond donors (Lipinski definition) is 2. The SMILES string of the molecule is COc1cc(CNO)ccc1OC1CCN(C)CC1. The van der Waals surface area contributed by atoms with Gasteiger partial charge in [-0.2, -0.15) is 0 Å². The highest BCUT2D eigenvalue weighted by Gasteiger charge is 2.19. The van der Waals surface area contributed by atoms with Crippen LogP contribution in [0.25, 0.3) is 0 Å². The molecule has 0 saturated carbocycles. The lowest BCUT2D eigenvalue weighted by atomic mass is 10.1. The zero-order valence-corrected chi connectivity index (χ0v) is 11.6. The van der Waals surface area contributed by atoms with Crippen molar-refractivity contribution in [3.05, 3.63) is 23.8 Å². The Morgan fingerprint density at radius 3 is 2.68 bits per heavy atom. The highest BCUT2D eigenvalue weighted by atomic mass is 16.5. The normalized spacial score (nSPS) is 17.4. The Morgan fingerprint density at radius 1 is 1.32 bits per heavy atom. The monoisotopic (exact) mass is 266 g/mol. The van der Waals surface area contributed by atoms with Crippen molar-refractivity contribution in [1.82, 2.24) is 10.4 Å². The second-order valence-corrected chi connectivity index (χ2v) is 4.94. The highest BCUT2D eigenvalue weighted by Crippen LogP contribution is 2.30. The molecule has 0 aromatic heterocycles. The number of benzene rings is 1. The van der Waals surface area contributed by atoms with E-state index in [0.29, 0.717) is 12.3 Å². The van der Waals surface area contributed by atoms with Gasteiger partial charge in [-0.3, -0.25) is 0 Å². The largest absolute Gasteiger partial charge is 0.493 e. The van der Waals surface area contributed by atoms with Crippen LogP contribution in [0.3, 0.4) is 0 Å². The molecule has 2 rings (SSSR count). The molecule has 0 radical (unpaired) electrons. The van der Waals surface area contributed by atoms with E-state index in [2.05, 4.69) is 17.4 Å². The maximum absolute atomic E-state index is 8.71. The maximum atomic E-state index is 8.71. The van der Waals surface area contributed by atoms with E-state index >= 15 is 0 Å². The van der Waals surface area contributed by atoms with Crippen LogP contribution in [0, 0.1) is 0 Å². The number of methoxy groups -OCH3 is 1. The smallest absolute Gasteiger partial charge is 0.161 e. The summed E-state index contributed by atoms with van der Waals surface area (Å²) in [5, 5.41) is 8.71. The second-order valence-electron chi connectivity index (χ2n) is 4.94. The van der Waals surface area contributed by atoms with Crippen LogP contribution in [0.2, 0.25) is 0 Å². The number of nitrogens with zero attached hydrogens (tertiary/aromatic N) is 1. The first kappa shape index (κ1) is 14.1. The Bertz CT molecular complexity index is 404. The van der Waals surface area contributed by atoms with Gasteiger partial charge in [0.1, 0.15) is 6.10 Å². The Morgan fingerprint density at radius 2 is 2.05 bits per heavy atom. The first-order valence-electron chi connectivity index (χ1n) is 6.62. The molecule has 106 valence electrons. The van der Waals surface area contributed by atoms with E-state index < -0.39 is 0 Å². The summed E-state index contributed by atoms with van der Waals surface area (Å²) >= 11 is 0. The Kier molecular flexibility index (Phi) is 5.01. The summed E-state index contributed by atoms with van der Waals surface area (Å²) in [6.07, 6.45) is 2.34. The fourth-order valence-corrected chi connectivity index (χ4v) is 2.29. The predicted octanol–water partition coefficient (Wildman–Crippen LogP) is 1.65. The topological polar surface area (TPSA) is 54.0 Å². The molecular weight excluding hydrogens is 244 g/mol. The maximum Gasteiger partial charge on any atom is 0.161 e. The molecule has 1 heterocycles. The van der Waals surface area contributed by atoms with E-state index in [-0.39, 0.29) is 6.10 Å². The zero-order valence-electron chi connectivity index (χ0n) is 11.6. The Hall–Kier alpha value is -1.30. The molecule has 2 N–H and O–H groups in total. The molecule has 1 aliphatic rings. The molecule has 5 nitrogen and oxygen atoms in total. The third kappa shape index (κ3) is 3.83. The summed E-state index contributed by atoms with van der Waals surface area (Å²) in [4.78, 5) is 2.31. The van der Waals surface area contributed by atoms with Gasteiger partial charge in [0.2, 0.25) is 0 Å². The molecule has 0 bridgehead atoms. The summed E-state index contributed by atoms with van der Waals surface area (Å²) < 4.78 is 11.4. The first-order valence-corrected chi connectivity index (χ1v) is 6.62. The van der Waals surface area contributed by atoms with E-state index in [1.165, 1.54) is 0 Å². The molecule has 0 spiro atoms. The lowest BCUT2D eigenvalue weighted by Gasteiger charge is -2.29. The van der Waals surface area contributed by atoms with E-state index in [0.717, 1.165) is 37.2 Å². The second kappa shape index (κ2) is 6.75. The molecule has 0 unspecified atom stereocenters. The summed E-state index contributed by atoms with van der Waals surface area (Å²) in [6.45, 7) is 2.53. The Balaban J connectivity index is 2.03. The summed E-state index contributed by atoms with van der Waals surface area (Å²) in [6, 6.07) is 5.72. The minimum absolute atomic E-state index is 0.256. The minimum Gasteiger partial charge on any atom is -0.493 e. The van der Waals surface area contributed by atoms with Crippen LogP contribution in [0.5, 0.6) is 11.5 Å². The number of hydroxylamine groups is 1. The van der Waals surface area contributed by atoms with Gasteiger partial charge in [0.05, 0.1) is 7.11 Å². The number of nitrogens with one attached hydrogen (secondary N) is 1. The summed E-state index contributed by atoms with van der Waals surface area (Å²) in [7, 11) is 3.76. The van der Waals surface area contributed by atoms with Gasteiger partial charge < -0.3 is 19.6 Å². The van der Waals surface area contributed by atoms with Crippen molar-refractivity contribution < 1.29 is 14.7 Å². The number of rotatable bonds is 5. The molecule has 0 aliphatic carbocycles. The Labute approximate surface area is 114 Å². The fourth-order valence-electron chi connectivity index (χ4n) is 2.29. The summed E-state index contributed by atoms with van der Waals surface area (Å²) in [5.74, 6) is 1.49. The predicted molar refractivity (Wildman–Crippen MR) is 72.8 cm³/mol. The van der Waals surface area contributed by atoms with Crippen LogP contribution < -0.4 is 15.0 Å². The van der Waals surface area contributed by atoms with Crippen molar-refractivity contribution in [3.8, 4) is 11.5 Å². The minimum atomic E-state index is 0.256. The third-order valence-corrected chi connectivity index (χ3v) is 3.47. The van der Waals surface area contributed by atoms with Crippen molar-refractivity contribution in [2.24, 2.45) is 0 Å². The number of likely N-dealkylation sites (tertiary alicyclic amines) is 1. The van der Waals surface area contributed by atoms with Crippen molar-refractivity contribution in [1.29, 1.82) is 0 Å². The molecule has 1 saturated heterocycles. The van der Waals surface area contributed by atoms with Crippen LogP contribution in [-0.2, 0) is 6.54 Å². The lowest BCUT2D eigenvalue weighted by molar-refractivity contribution is 0.111. The molecule has 1 fully saturated rings. The number of hydrogen-bond acceptors (Lipinski definition) is 5. The van der Waals surface area contributed by atoms with Crippen molar-refractivity contribution in [2.45, 2.75) is 25.5 Å². The zero-order chi connectivity index (χ0) is 13.7. The van der Waals surface area contributed by atoms with Gasteiger partial charge in [-0.25, -0.2) is 5.48 Å². The fraction of sp³-hybridized carbons (Fsp3) is 0.571. The number of piperidine rings is 1. The quantitative estimate of drug-likeness (QED) is 0.794. The van der Waals surface area contributed by atoms with Crippen molar-refractivity contribution in [2.75, 3.05) is 27.2 Å². The molecule has 1 aromatic carbocycles. The molecule has 19 heavy (non-hydrogen) atoms. The van der Waals surface area contributed by atoms with Crippen LogP contribution in [0.4, 0.5) is 0 Å². The van der Waals surface area contributed by atoms with Gasteiger partial charge in [-0.1, -0.05) is 6.07 Å². The van der Waals surface area contributed by atoms with E-state index in [1.807, 2.05) is 18.2 Å². The van der Waals surface area contributed by atoms with Gasteiger partial charge in [-0.15, -0.1) is 0 Å². The highest BCUT2D eigenvalue weighted by molar-refractivity contribution is 5.43. The van der Waals surface area contributed by atoms with Gasteiger partial charge in [-0.05, 0) is 37.6 Å². The van der Waals surface area contributed by atoms with Crippen LogP contribution in [-0.4, -0.2) is 43.5 Å². The molecule has 0 atom stereocenters. The number of ether oxygens (including phenoxy) is 2. The van der Waals surface area contributed by atoms with Gasteiger partial charge >= 0.3 is 0 Å². The molecule has 5 heteroatoms. The molecule has 1 aliphatic heterocycles. The van der Waals surface area contributed by atoms with Gasteiger partial charge in [0.15, 0.2) is 11.5 Å². The lowest BCUT2D eigenvalue weighted by Crippen LogP contribution is -2.35. The van der Waals surface area contributed by atoms with Gasteiger partial charge in [0, 0.05) is 19.6 Å². The third-order valence-electron chi connectivity index (χ3n) is 3.47. The van der Waals surface area contributed by atoms with Crippen LogP contribution in [0.1, 0.15) is 18.4 Å². The average molecular weight is 266 g/mol. The first-order chi connectivity index (χ1) is 9.22. The average Bonchev–Trinajstić information content (AvgIpc) is 2.43. The van der Waals surface area contributed by atoms with E-state index in [9.17, 15) is 0 Å². The van der Waals surface area contributed by atoms with E-state index in [1.54, 1.807) is 7.11 Å². The molecule has 0 amide bonds. The van der Waals surface area contributed by atoms with Crippen molar-refractivity contribution in [3.63, 3.8) is 0 Å². The molecule has 1 aromatic rings. The van der Waals surface area contributed by atoms with E-state index in [4.69, 9.17) is 14.7 Å². The van der Waals surface area contributed by atoms with Crippen LogP contribution in [0.15, 0.2) is 18.2 Å². The summed E-state index contributed by atoms with van der Waals surface area (Å²) in [5.41, 5.74) is 3.09. The van der Waals surface area contributed by atoms with Crippen molar-refractivity contribution >= 4 is 0 Å². The standard InChI is InChI=1S/C14H22N2O3/c1-16-7-5-12(6-8-16)19-13-4-3-11(10-15-17)9-14(13)18-2/h3-4,9,12,15,17H,5-8,10H2,1-2H3. The van der Waals surface area contributed by atoms with Crippen LogP contribution >= 0.6 is 0 Å².